The topological polar surface area (TPSA) is 117 Å². The molecule has 1 saturated heterocycles. The number of carboxylic acid groups (broad SMARTS) is 1. The number of nitrogens with two attached hydrogens (primary N) is 1. The van der Waals surface area contributed by atoms with Crippen molar-refractivity contribution < 1.29 is 19.8 Å². The first-order chi connectivity index (χ1) is 8.49. The van der Waals surface area contributed by atoms with Crippen LogP contribution in [0.4, 0.5) is 5.69 Å². The molecule has 0 radical (unpaired) electrons. The van der Waals surface area contributed by atoms with E-state index < -0.39 is 24.0 Å². The lowest BCUT2D eigenvalue weighted by Crippen LogP contribution is -2.40. The predicted molar refractivity (Wildman–Crippen MR) is 61.7 cm³/mol. The summed E-state index contributed by atoms with van der Waals surface area (Å²) in [5, 5.41) is 18.5. The van der Waals surface area contributed by atoms with E-state index >= 15 is 0 Å². The van der Waals surface area contributed by atoms with Crippen LogP contribution in [0.15, 0.2) is 18.3 Å². The Morgan fingerprint density at radius 2 is 2.17 bits per heavy atom. The van der Waals surface area contributed by atoms with E-state index in [2.05, 4.69) is 4.98 Å². The van der Waals surface area contributed by atoms with Crippen LogP contribution in [-0.4, -0.2) is 50.7 Å². The van der Waals surface area contributed by atoms with Gasteiger partial charge in [-0.2, -0.15) is 0 Å². The van der Waals surface area contributed by atoms with Crippen LogP contribution >= 0.6 is 0 Å². The number of aliphatic hydroxyl groups excluding tert-OH is 1. The summed E-state index contributed by atoms with van der Waals surface area (Å²) in [5.74, 6) is -1.64. The van der Waals surface area contributed by atoms with Crippen molar-refractivity contribution in [2.45, 2.75) is 18.6 Å². The number of aliphatic hydroxyl groups is 1. The lowest BCUT2D eigenvalue weighted by molar-refractivity contribution is -0.141. The van der Waals surface area contributed by atoms with Crippen LogP contribution in [0.3, 0.4) is 0 Å². The van der Waals surface area contributed by atoms with E-state index in [9.17, 15) is 14.7 Å². The van der Waals surface area contributed by atoms with Gasteiger partial charge in [0.15, 0.2) is 0 Å². The average Bonchev–Trinajstić information content (AvgIpc) is 2.71. The van der Waals surface area contributed by atoms with Crippen molar-refractivity contribution in [1.29, 1.82) is 0 Å². The van der Waals surface area contributed by atoms with Crippen molar-refractivity contribution in [2.24, 2.45) is 0 Å². The number of hydrogen-bond donors (Lipinski definition) is 3. The molecule has 0 aromatic carbocycles. The summed E-state index contributed by atoms with van der Waals surface area (Å²) < 4.78 is 0. The van der Waals surface area contributed by atoms with E-state index in [4.69, 9.17) is 10.8 Å². The number of aliphatic carboxylic acids is 1. The smallest absolute Gasteiger partial charge is 0.326 e. The fourth-order valence-electron chi connectivity index (χ4n) is 1.95. The number of anilines is 1. The Labute approximate surface area is 103 Å². The summed E-state index contributed by atoms with van der Waals surface area (Å²) in [6.45, 7) is 0.00184. The molecule has 1 aromatic heterocycles. The van der Waals surface area contributed by atoms with Gasteiger partial charge in [-0.25, -0.2) is 9.78 Å². The van der Waals surface area contributed by atoms with E-state index in [1.54, 1.807) is 0 Å². The van der Waals surface area contributed by atoms with E-state index in [-0.39, 0.29) is 18.7 Å². The van der Waals surface area contributed by atoms with Gasteiger partial charge in [-0.15, -0.1) is 0 Å². The van der Waals surface area contributed by atoms with E-state index in [0.29, 0.717) is 5.69 Å². The summed E-state index contributed by atoms with van der Waals surface area (Å²) in [6.07, 6.45) is 0.551. The molecule has 2 heterocycles. The zero-order valence-corrected chi connectivity index (χ0v) is 9.48. The van der Waals surface area contributed by atoms with Crippen LogP contribution in [0.25, 0.3) is 0 Å². The number of likely N-dealkylation sites (tertiary alicyclic amines) is 1. The molecule has 1 amide bonds. The van der Waals surface area contributed by atoms with Gasteiger partial charge in [0, 0.05) is 13.0 Å². The third kappa shape index (κ3) is 2.25. The minimum atomic E-state index is -1.13. The quantitative estimate of drug-likeness (QED) is 0.641. The Balaban J connectivity index is 2.22. The second-order valence-electron chi connectivity index (χ2n) is 4.18. The van der Waals surface area contributed by atoms with Crippen LogP contribution in [-0.2, 0) is 4.79 Å². The molecule has 2 rings (SSSR count). The van der Waals surface area contributed by atoms with Gasteiger partial charge in [0.25, 0.3) is 5.91 Å². The van der Waals surface area contributed by atoms with Crippen LogP contribution in [0.5, 0.6) is 0 Å². The molecule has 0 bridgehead atoms. The highest BCUT2D eigenvalue weighted by atomic mass is 16.4. The first kappa shape index (κ1) is 12.3. The number of amides is 1. The molecule has 0 spiro atoms. The summed E-state index contributed by atoms with van der Waals surface area (Å²) in [4.78, 5) is 28.0. The largest absolute Gasteiger partial charge is 0.480 e. The predicted octanol–water partition coefficient (Wildman–Crippen LogP) is -0.676. The maximum atomic E-state index is 12.1. The van der Waals surface area contributed by atoms with Gasteiger partial charge < -0.3 is 20.8 Å². The first-order valence-corrected chi connectivity index (χ1v) is 5.42. The molecule has 0 aliphatic carbocycles. The second-order valence-corrected chi connectivity index (χ2v) is 4.18. The van der Waals surface area contributed by atoms with Crippen molar-refractivity contribution in [3.63, 3.8) is 0 Å². The van der Waals surface area contributed by atoms with Gasteiger partial charge in [0.1, 0.15) is 11.7 Å². The molecule has 1 aromatic rings. The van der Waals surface area contributed by atoms with Gasteiger partial charge in [0.2, 0.25) is 0 Å². The van der Waals surface area contributed by atoms with Gasteiger partial charge in [-0.3, -0.25) is 4.79 Å². The Morgan fingerprint density at radius 1 is 1.44 bits per heavy atom. The van der Waals surface area contributed by atoms with Crippen molar-refractivity contribution >= 4 is 17.6 Å². The normalized spacial score (nSPS) is 23.1. The number of carboxylic acids is 1. The summed E-state index contributed by atoms with van der Waals surface area (Å²) in [7, 11) is 0. The van der Waals surface area contributed by atoms with Crippen LogP contribution in [0.1, 0.15) is 16.9 Å². The number of nitrogens with zero attached hydrogens (tertiary/aromatic N) is 2. The highest BCUT2D eigenvalue weighted by Gasteiger charge is 2.39. The molecular formula is C11H13N3O4. The molecular weight excluding hydrogens is 238 g/mol. The van der Waals surface area contributed by atoms with Crippen molar-refractivity contribution in [3.8, 4) is 0 Å². The summed E-state index contributed by atoms with van der Waals surface area (Å²) in [5.41, 5.74) is 5.99. The minimum Gasteiger partial charge on any atom is -0.480 e. The molecule has 18 heavy (non-hydrogen) atoms. The maximum Gasteiger partial charge on any atom is 0.326 e. The molecule has 2 atom stereocenters. The third-order valence-electron chi connectivity index (χ3n) is 2.83. The lowest BCUT2D eigenvalue weighted by atomic mass is 10.2. The lowest BCUT2D eigenvalue weighted by Gasteiger charge is -2.20. The average molecular weight is 251 g/mol. The van der Waals surface area contributed by atoms with Gasteiger partial charge in [-0.05, 0) is 12.1 Å². The van der Waals surface area contributed by atoms with Crippen LogP contribution < -0.4 is 5.73 Å². The minimum absolute atomic E-state index is 0.00184. The zero-order valence-electron chi connectivity index (χ0n) is 9.48. The number of carbonyl (C=O) groups excluding carboxylic acids is 1. The Bertz CT molecular complexity index is 474. The van der Waals surface area contributed by atoms with Gasteiger partial charge in [0.05, 0.1) is 18.0 Å². The molecule has 4 N–H and O–H groups in total. The number of pyridine rings is 1. The summed E-state index contributed by atoms with van der Waals surface area (Å²) >= 11 is 0. The molecule has 7 heteroatoms. The number of hydrogen-bond acceptors (Lipinski definition) is 5. The Morgan fingerprint density at radius 3 is 2.72 bits per heavy atom. The SMILES string of the molecule is Nc1ccc(C(=O)N2C[C@H](O)C[C@H]2C(=O)O)nc1. The van der Waals surface area contributed by atoms with Crippen molar-refractivity contribution in [1.82, 2.24) is 9.88 Å². The number of aromatic nitrogens is 1. The first-order valence-electron chi connectivity index (χ1n) is 5.42. The zero-order chi connectivity index (χ0) is 13.3. The van der Waals surface area contributed by atoms with E-state index in [0.717, 1.165) is 4.90 Å². The van der Waals surface area contributed by atoms with Crippen molar-refractivity contribution in [3.05, 3.63) is 24.0 Å². The molecule has 1 aliphatic rings. The molecule has 0 saturated carbocycles. The summed E-state index contributed by atoms with van der Waals surface area (Å²) in [6, 6.07) is 1.94. The number of nitrogen functional groups attached to an aromatic ring is 1. The fourth-order valence-corrected chi connectivity index (χ4v) is 1.95. The van der Waals surface area contributed by atoms with Crippen molar-refractivity contribution in [2.75, 3.05) is 12.3 Å². The standard InChI is InChI=1S/C11H13N3O4/c12-6-1-2-8(13-4-6)10(16)14-5-7(15)3-9(14)11(17)18/h1-2,4,7,9,15H,3,5,12H2,(H,17,18)/t7-,9+/m1/s1. The van der Waals surface area contributed by atoms with Gasteiger partial charge >= 0.3 is 5.97 Å². The monoisotopic (exact) mass is 251 g/mol. The molecule has 96 valence electrons. The number of carbonyl (C=O) groups is 2. The highest BCUT2D eigenvalue weighted by Crippen LogP contribution is 2.20. The van der Waals surface area contributed by atoms with E-state index in [1.807, 2.05) is 0 Å². The molecule has 7 nitrogen and oxygen atoms in total. The highest BCUT2D eigenvalue weighted by molar-refractivity contribution is 5.95. The molecule has 1 fully saturated rings. The Hall–Kier alpha value is -2.15. The van der Waals surface area contributed by atoms with E-state index in [1.165, 1.54) is 18.3 Å². The van der Waals surface area contributed by atoms with Crippen LogP contribution in [0.2, 0.25) is 0 Å². The Kier molecular flexibility index (Phi) is 3.15. The van der Waals surface area contributed by atoms with Gasteiger partial charge in [-0.1, -0.05) is 0 Å². The fraction of sp³-hybridized carbons (Fsp3) is 0.364. The molecule has 0 unspecified atom stereocenters. The van der Waals surface area contributed by atoms with Crippen LogP contribution in [0, 0.1) is 0 Å². The number of β-amino-alcohol motifs (C(OH)–C–C–N with tert-alkyl or cyclic N) is 1. The maximum absolute atomic E-state index is 12.1. The number of rotatable bonds is 2. The second kappa shape index (κ2) is 4.61. The third-order valence-corrected chi connectivity index (χ3v) is 2.83. The molecule has 1 aliphatic heterocycles.